The summed E-state index contributed by atoms with van der Waals surface area (Å²) in [4.78, 5) is 20.7. The first-order valence-corrected chi connectivity index (χ1v) is 10.3. The average molecular weight is 389 g/mol. The molecule has 1 amide bonds. The Morgan fingerprint density at radius 1 is 1.19 bits per heavy atom. The van der Waals surface area contributed by atoms with E-state index in [1.54, 1.807) is 35.4 Å². The second kappa shape index (κ2) is 8.06. The van der Waals surface area contributed by atoms with Gasteiger partial charge in [-0.2, -0.15) is 0 Å². The first kappa shape index (κ1) is 19.3. The Balaban J connectivity index is 1.90. The summed E-state index contributed by atoms with van der Waals surface area (Å²) in [5, 5.41) is 0. The van der Waals surface area contributed by atoms with E-state index >= 15 is 0 Å². The van der Waals surface area contributed by atoms with E-state index in [4.69, 9.17) is 4.74 Å². The van der Waals surface area contributed by atoms with Crippen LogP contribution in [0.25, 0.3) is 0 Å². The summed E-state index contributed by atoms with van der Waals surface area (Å²) in [5.41, 5.74) is 0.931. The highest BCUT2D eigenvalue weighted by atomic mass is 32.2. The number of methoxy groups -OCH3 is 1. The van der Waals surface area contributed by atoms with Crippen molar-refractivity contribution in [1.29, 1.82) is 0 Å². The van der Waals surface area contributed by atoms with E-state index in [2.05, 4.69) is 9.88 Å². The van der Waals surface area contributed by atoms with Crippen molar-refractivity contribution < 1.29 is 17.9 Å². The van der Waals surface area contributed by atoms with Gasteiger partial charge in [0.1, 0.15) is 10.6 Å². The predicted octanol–water partition coefficient (Wildman–Crippen LogP) is 1.45. The summed E-state index contributed by atoms with van der Waals surface area (Å²) in [6, 6.07) is 7.97. The van der Waals surface area contributed by atoms with Crippen LogP contribution in [0.1, 0.15) is 15.9 Å². The monoisotopic (exact) mass is 389 g/mol. The largest absolute Gasteiger partial charge is 0.495 e. The molecule has 7 nitrogen and oxygen atoms in total. The zero-order chi connectivity index (χ0) is 19.4. The summed E-state index contributed by atoms with van der Waals surface area (Å²) in [7, 11) is -0.266. The van der Waals surface area contributed by atoms with Crippen LogP contribution >= 0.6 is 0 Å². The van der Waals surface area contributed by atoms with Gasteiger partial charge in [-0.3, -0.25) is 9.78 Å². The third-order valence-corrected chi connectivity index (χ3v) is 6.32. The third-order valence-electron chi connectivity index (χ3n) is 4.62. The normalized spacial score (nSPS) is 15.6. The molecule has 0 atom stereocenters. The number of ether oxygens (including phenoxy) is 1. The summed E-state index contributed by atoms with van der Waals surface area (Å²) in [6.07, 6.45) is 3.11. The predicted molar refractivity (Wildman–Crippen MR) is 102 cm³/mol. The minimum Gasteiger partial charge on any atom is -0.495 e. The Kier molecular flexibility index (Phi) is 5.76. The average Bonchev–Trinajstić information content (AvgIpc) is 2.68. The summed E-state index contributed by atoms with van der Waals surface area (Å²) < 4.78 is 31.1. The number of rotatable bonds is 5. The molecule has 1 aliphatic heterocycles. The van der Waals surface area contributed by atoms with E-state index in [1.165, 1.54) is 19.4 Å². The molecule has 1 aromatic heterocycles. The van der Waals surface area contributed by atoms with E-state index in [0.29, 0.717) is 24.2 Å². The van der Waals surface area contributed by atoms with Crippen molar-refractivity contribution in [1.82, 2.24) is 14.8 Å². The van der Waals surface area contributed by atoms with Gasteiger partial charge in [0.05, 0.1) is 12.9 Å². The summed E-state index contributed by atoms with van der Waals surface area (Å²) in [5.74, 6) is -0.138. The Morgan fingerprint density at radius 3 is 2.56 bits per heavy atom. The summed E-state index contributed by atoms with van der Waals surface area (Å²) in [6.45, 7) is 2.85. The number of likely N-dealkylation sites (N-methyl/N-ethyl adjacent to an activating group) is 1. The lowest BCUT2D eigenvalue weighted by Gasteiger charge is -2.32. The molecule has 0 N–H and O–H groups in total. The number of piperazine rings is 1. The van der Waals surface area contributed by atoms with Crippen LogP contribution in [-0.2, 0) is 15.6 Å². The van der Waals surface area contributed by atoms with Gasteiger partial charge in [-0.15, -0.1) is 0 Å². The van der Waals surface area contributed by atoms with Crippen molar-refractivity contribution >= 4 is 15.7 Å². The molecule has 1 fully saturated rings. The quantitative estimate of drug-likeness (QED) is 0.770. The van der Waals surface area contributed by atoms with E-state index in [-0.39, 0.29) is 22.3 Å². The van der Waals surface area contributed by atoms with Gasteiger partial charge in [0, 0.05) is 44.1 Å². The Hall–Kier alpha value is -2.45. The molecule has 144 valence electrons. The van der Waals surface area contributed by atoms with Crippen molar-refractivity contribution in [3.63, 3.8) is 0 Å². The van der Waals surface area contributed by atoms with Crippen LogP contribution in [0.15, 0.2) is 47.6 Å². The lowest BCUT2D eigenvalue weighted by atomic mass is 10.1. The molecular weight excluding hydrogens is 366 g/mol. The first-order chi connectivity index (χ1) is 12.9. The molecule has 0 bridgehead atoms. The van der Waals surface area contributed by atoms with Crippen LogP contribution in [0, 0.1) is 0 Å². The van der Waals surface area contributed by atoms with Crippen molar-refractivity contribution in [3.05, 3.63) is 53.9 Å². The fraction of sp³-hybridized carbons (Fsp3) is 0.368. The van der Waals surface area contributed by atoms with Gasteiger partial charge in [-0.1, -0.05) is 6.07 Å². The molecule has 8 heteroatoms. The number of hydrogen-bond donors (Lipinski definition) is 0. The second-order valence-corrected chi connectivity index (χ2v) is 8.54. The molecule has 2 heterocycles. The van der Waals surface area contributed by atoms with E-state index in [0.717, 1.165) is 13.1 Å². The Labute approximate surface area is 159 Å². The molecular formula is C19H23N3O4S. The fourth-order valence-corrected chi connectivity index (χ4v) is 4.56. The highest BCUT2D eigenvalue weighted by molar-refractivity contribution is 7.90. The molecule has 1 aliphatic rings. The molecule has 27 heavy (non-hydrogen) atoms. The van der Waals surface area contributed by atoms with Gasteiger partial charge in [0.25, 0.3) is 5.91 Å². The minimum absolute atomic E-state index is 0.0221. The number of sulfone groups is 1. The molecule has 3 rings (SSSR count). The van der Waals surface area contributed by atoms with Crippen LogP contribution in [0.4, 0.5) is 0 Å². The number of aromatic nitrogens is 1. The number of benzene rings is 1. The standard InChI is InChI=1S/C19H23N3O4S/c1-21-8-10-22(11-9-21)19(23)16-5-6-17(26-2)18(12-16)27(24,25)14-15-4-3-7-20-13-15/h3-7,12-13H,8-11,14H2,1-2H3. The molecule has 2 aromatic rings. The van der Waals surface area contributed by atoms with Crippen LogP contribution in [0.5, 0.6) is 5.75 Å². The number of amides is 1. The molecule has 0 unspecified atom stereocenters. The van der Waals surface area contributed by atoms with E-state index < -0.39 is 9.84 Å². The summed E-state index contributed by atoms with van der Waals surface area (Å²) >= 11 is 0. The molecule has 0 aliphatic carbocycles. The smallest absolute Gasteiger partial charge is 0.253 e. The van der Waals surface area contributed by atoms with Gasteiger partial charge in [-0.25, -0.2) is 8.42 Å². The number of carbonyl (C=O) groups is 1. The van der Waals surface area contributed by atoms with Crippen LogP contribution in [0.3, 0.4) is 0 Å². The highest BCUT2D eigenvalue weighted by Crippen LogP contribution is 2.28. The fourth-order valence-electron chi connectivity index (χ4n) is 3.03. The second-order valence-electron chi connectivity index (χ2n) is 6.58. The lowest BCUT2D eigenvalue weighted by Crippen LogP contribution is -2.47. The molecule has 0 spiro atoms. The lowest BCUT2D eigenvalue weighted by molar-refractivity contribution is 0.0664. The van der Waals surface area contributed by atoms with Gasteiger partial charge in [0.2, 0.25) is 0 Å². The SMILES string of the molecule is COc1ccc(C(=O)N2CCN(C)CC2)cc1S(=O)(=O)Cc1cccnc1. The van der Waals surface area contributed by atoms with Crippen molar-refractivity contribution in [3.8, 4) is 5.75 Å². The van der Waals surface area contributed by atoms with Gasteiger partial charge in [-0.05, 0) is 36.9 Å². The minimum atomic E-state index is -3.70. The maximum atomic E-state index is 12.9. The first-order valence-electron chi connectivity index (χ1n) is 8.68. The Bertz CT molecular complexity index is 908. The van der Waals surface area contributed by atoms with Crippen LogP contribution < -0.4 is 4.74 Å². The third kappa shape index (κ3) is 4.45. The van der Waals surface area contributed by atoms with Crippen molar-refractivity contribution in [2.24, 2.45) is 0 Å². The molecule has 0 radical (unpaired) electrons. The van der Waals surface area contributed by atoms with Crippen molar-refractivity contribution in [2.75, 3.05) is 40.3 Å². The Morgan fingerprint density at radius 2 is 1.93 bits per heavy atom. The van der Waals surface area contributed by atoms with Crippen LogP contribution in [-0.4, -0.2) is 69.4 Å². The van der Waals surface area contributed by atoms with E-state index in [1.807, 2.05) is 7.05 Å². The zero-order valence-corrected chi connectivity index (χ0v) is 16.3. The number of nitrogens with zero attached hydrogens (tertiary/aromatic N) is 3. The van der Waals surface area contributed by atoms with Crippen LogP contribution in [0.2, 0.25) is 0 Å². The van der Waals surface area contributed by atoms with Gasteiger partial charge in [0.15, 0.2) is 9.84 Å². The maximum absolute atomic E-state index is 12.9. The molecule has 0 saturated carbocycles. The van der Waals surface area contributed by atoms with E-state index in [9.17, 15) is 13.2 Å². The number of carbonyl (C=O) groups excluding carboxylic acids is 1. The zero-order valence-electron chi connectivity index (χ0n) is 15.5. The van der Waals surface area contributed by atoms with Gasteiger partial charge < -0.3 is 14.5 Å². The topological polar surface area (TPSA) is 79.8 Å². The molecule has 1 saturated heterocycles. The highest BCUT2D eigenvalue weighted by Gasteiger charge is 2.25. The maximum Gasteiger partial charge on any atom is 0.253 e. The van der Waals surface area contributed by atoms with Gasteiger partial charge >= 0.3 is 0 Å². The number of pyridine rings is 1. The van der Waals surface area contributed by atoms with Crippen molar-refractivity contribution in [2.45, 2.75) is 10.6 Å². The molecule has 1 aromatic carbocycles. The number of hydrogen-bond acceptors (Lipinski definition) is 6.